The van der Waals surface area contributed by atoms with Gasteiger partial charge in [-0.1, -0.05) is 0 Å². The number of oxazole rings is 1. The summed E-state index contributed by atoms with van der Waals surface area (Å²) in [4.78, 5) is 14.4. The van der Waals surface area contributed by atoms with E-state index in [4.69, 9.17) is 9.15 Å². The molecule has 1 saturated heterocycles. The predicted molar refractivity (Wildman–Crippen MR) is 71.8 cm³/mol. The topological polar surface area (TPSA) is 90.4 Å². The summed E-state index contributed by atoms with van der Waals surface area (Å²) in [5.41, 5.74) is 0.928. The van der Waals surface area contributed by atoms with Gasteiger partial charge in [0.25, 0.3) is 5.69 Å². The Morgan fingerprint density at radius 2 is 2.45 bits per heavy atom. The predicted octanol–water partition coefficient (Wildman–Crippen LogP) is 2.11. The van der Waals surface area contributed by atoms with Crippen LogP contribution in [0.25, 0.3) is 11.1 Å². The number of nitro benzene ring substituents is 1. The molecule has 1 N–H and O–H groups in total. The molecule has 2 aromatic rings. The Balaban J connectivity index is 1.70. The summed E-state index contributed by atoms with van der Waals surface area (Å²) in [6.45, 7) is 2.54. The molecular weight excluding hydrogens is 262 g/mol. The van der Waals surface area contributed by atoms with E-state index in [2.05, 4.69) is 10.3 Å². The Kier molecular flexibility index (Phi) is 3.51. The second-order valence-corrected chi connectivity index (χ2v) is 4.91. The molecule has 1 fully saturated rings. The molecule has 2 heterocycles. The molecule has 0 radical (unpaired) electrons. The van der Waals surface area contributed by atoms with Crippen LogP contribution in [0.15, 0.2) is 22.6 Å². The van der Waals surface area contributed by atoms with Crippen LogP contribution in [0.4, 0.5) is 5.69 Å². The zero-order valence-electron chi connectivity index (χ0n) is 10.9. The van der Waals surface area contributed by atoms with Crippen LogP contribution in [0.1, 0.15) is 12.8 Å². The number of piperidine rings is 1. The zero-order valence-corrected chi connectivity index (χ0v) is 10.9. The van der Waals surface area contributed by atoms with E-state index in [1.165, 1.54) is 18.2 Å². The summed E-state index contributed by atoms with van der Waals surface area (Å²) in [7, 11) is 0. The summed E-state index contributed by atoms with van der Waals surface area (Å²) in [6.07, 6.45) is 2.44. The van der Waals surface area contributed by atoms with E-state index >= 15 is 0 Å². The maximum absolute atomic E-state index is 10.7. The van der Waals surface area contributed by atoms with Crippen LogP contribution in [0.3, 0.4) is 0 Å². The molecule has 7 nitrogen and oxygen atoms in total. The van der Waals surface area contributed by atoms with E-state index in [0.717, 1.165) is 25.9 Å². The standard InChI is InChI=1S/C13H15N3O4/c17-16(18)10-3-4-12-11(6-10)15-13(20-12)19-8-9-2-1-5-14-7-9/h3-4,6,9,14H,1-2,5,7-8H2. The third-order valence-electron chi connectivity index (χ3n) is 3.40. The van der Waals surface area contributed by atoms with Gasteiger partial charge in [-0.05, 0) is 25.5 Å². The summed E-state index contributed by atoms with van der Waals surface area (Å²) in [6, 6.07) is 4.31. The van der Waals surface area contributed by atoms with Crippen molar-refractivity contribution in [2.75, 3.05) is 19.7 Å². The lowest BCUT2D eigenvalue weighted by Crippen LogP contribution is -2.33. The highest BCUT2D eigenvalue weighted by Gasteiger charge is 2.16. The first kappa shape index (κ1) is 12.9. The molecule has 0 saturated carbocycles. The fourth-order valence-corrected chi connectivity index (χ4v) is 2.33. The first-order valence-corrected chi connectivity index (χ1v) is 6.61. The van der Waals surface area contributed by atoms with E-state index in [0.29, 0.717) is 23.6 Å². The number of ether oxygens (including phenoxy) is 1. The molecule has 7 heteroatoms. The van der Waals surface area contributed by atoms with Crippen LogP contribution >= 0.6 is 0 Å². The maximum atomic E-state index is 10.7. The maximum Gasteiger partial charge on any atom is 0.394 e. The molecular formula is C13H15N3O4. The molecule has 1 aromatic heterocycles. The van der Waals surface area contributed by atoms with Crippen molar-refractivity contribution in [2.24, 2.45) is 5.92 Å². The molecule has 1 aliphatic rings. The molecule has 1 unspecified atom stereocenters. The van der Waals surface area contributed by atoms with Gasteiger partial charge in [0, 0.05) is 24.6 Å². The Morgan fingerprint density at radius 3 is 3.20 bits per heavy atom. The van der Waals surface area contributed by atoms with Gasteiger partial charge in [-0.2, -0.15) is 4.98 Å². The van der Waals surface area contributed by atoms with Crippen molar-refractivity contribution >= 4 is 16.8 Å². The van der Waals surface area contributed by atoms with Crippen LogP contribution in [0, 0.1) is 16.0 Å². The molecule has 20 heavy (non-hydrogen) atoms. The lowest BCUT2D eigenvalue weighted by Gasteiger charge is -2.21. The number of benzene rings is 1. The third kappa shape index (κ3) is 2.72. The summed E-state index contributed by atoms with van der Waals surface area (Å²) >= 11 is 0. The lowest BCUT2D eigenvalue weighted by molar-refractivity contribution is -0.384. The number of hydrogen-bond acceptors (Lipinski definition) is 6. The number of aromatic nitrogens is 1. The number of nitro groups is 1. The van der Waals surface area contributed by atoms with Gasteiger partial charge in [0.15, 0.2) is 5.58 Å². The Bertz CT molecular complexity index is 619. The summed E-state index contributed by atoms with van der Waals surface area (Å²) in [5.74, 6) is 0.452. The molecule has 1 atom stereocenters. The van der Waals surface area contributed by atoms with Crippen molar-refractivity contribution in [1.82, 2.24) is 10.3 Å². The Hall–Kier alpha value is -2.15. The average molecular weight is 277 g/mol. The molecule has 0 amide bonds. The van der Waals surface area contributed by atoms with Crippen LogP contribution in [0.2, 0.25) is 0 Å². The molecule has 0 bridgehead atoms. The first-order valence-electron chi connectivity index (χ1n) is 6.61. The molecule has 1 aliphatic heterocycles. The Labute approximate surface area is 115 Å². The van der Waals surface area contributed by atoms with E-state index in [-0.39, 0.29) is 11.8 Å². The monoisotopic (exact) mass is 277 g/mol. The van der Waals surface area contributed by atoms with Gasteiger partial charge in [-0.3, -0.25) is 10.1 Å². The highest BCUT2D eigenvalue weighted by atomic mass is 16.6. The fourth-order valence-electron chi connectivity index (χ4n) is 2.33. The lowest BCUT2D eigenvalue weighted by atomic mass is 10.0. The minimum atomic E-state index is -0.456. The molecule has 3 rings (SSSR count). The fraction of sp³-hybridized carbons (Fsp3) is 0.462. The molecule has 106 valence electrons. The van der Waals surface area contributed by atoms with Crippen molar-refractivity contribution in [2.45, 2.75) is 12.8 Å². The van der Waals surface area contributed by atoms with Crippen molar-refractivity contribution in [3.63, 3.8) is 0 Å². The van der Waals surface area contributed by atoms with Gasteiger partial charge in [-0.25, -0.2) is 0 Å². The smallest absolute Gasteiger partial charge is 0.394 e. The number of nitrogens with zero attached hydrogens (tertiary/aromatic N) is 2. The normalized spacial score (nSPS) is 19.1. The Morgan fingerprint density at radius 1 is 1.55 bits per heavy atom. The van der Waals surface area contributed by atoms with Gasteiger partial charge < -0.3 is 14.5 Å². The van der Waals surface area contributed by atoms with E-state index in [9.17, 15) is 10.1 Å². The van der Waals surface area contributed by atoms with E-state index < -0.39 is 4.92 Å². The number of nitrogens with one attached hydrogen (secondary N) is 1. The van der Waals surface area contributed by atoms with Gasteiger partial charge >= 0.3 is 6.08 Å². The molecule has 0 aliphatic carbocycles. The van der Waals surface area contributed by atoms with Crippen LogP contribution < -0.4 is 10.1 Å². The highest BCUT2D eigenvalue weighted by molar-refractivity contribution is 5.75. The van der Waals surface area contributed by atoms with Gasteiger partial charge in [0.1, 0.15) is 5.52 Å². The van der Waals surface area contributed by atoms with Crippen molar-refractivity contribution in [1.29, 1.82) is 0 Å². The van der Waals surface area contributed by atoms with Crippen molar-refractivity contribution in [3.05, 3.63) is 28.3 Å². The second-order valence-electron chi connectivity index (χ2n) is 4.91. The first-order chi connectivity index (χ1) is 9.72. The average Bonchev–Trinajstić information content (AvgIpc) is 2.88. The number of rotatable bonds is 4. The third-order valence-corrected chi connectivity index (χ3v) is 3.40. The van der Waals surface area contributed by atoms with Gasteiger partial charge in [0.05, 0.1) is 11.5 Å². The van der Waals surface area contributed by atoms with E-state index in [1.807, 2.05) is 0 Å². The largest absolute Gasteiger partial charge is 0.450 e. The number of fused-ring (bicyclic) bond motifs is 1. The minimum absolute atomic E-state index is 0.00571. The van der Waals surface area contributed by atoms with Crippen molar-refractivity contribution < 1.29 is 14.1 Å². The van der Waals surface area contributed by atoms with Gasteiger partial charge in [0.2, 0.25) is 0 Å². The zero-order chi connectivity index (χ0) is 13.9. The molecule has 0 spiro atoms. The van der Waals surface area contributed by atoms with Crippen LogP contribution in [0.5, 0.6) is 6.08 Å². The summed E-state index contributed by atoms with van der Waals surface area (Å²) < 4.78 is 11.0. The highest BCUT2D eigenvalue weighted by Crippen LogP contribution is 2.25. The van der Waals surface area contributed by atoms with Crippen molar-refractivity contribution in [3.8, 4) is 6.08 Å². The van der Waals surface area contributed by atoms with E-state index in [1.54, 1.807) is 0 Å². The van der Waals surface area contributed by atoms with Crippen LogP contribution in [-0.2, 0) is 0 Å². The number of hydrogen-bond donors (Lipinski definition) is 1. The quantitative estimate of drug-likeness (QED) is 0.680. The molecule has 1 aromatic carbocycles. The second kappa shape index (κ2) is 5.46. The number of non-ortho nitro benzene ring substituents is 1. The SMILES string of the molecule is O=[N+]([O-])c1ccc2oc(OCC3CCCNC3)nc2c1. The minimum Gasteiger partial charge on any atom is -0.450 e. The summed E-state index contributed by atoms with van der Waals surface area (Å²) in [5, 5.41) is 14.0. The van der Waals surface area contributed by atoms with Crippen LogP contribution in [-0.4, -0.2) is 29.6 Å². The van der Waals surface area contributed by atoms with Gasteiger partial charge in [-0.15, -0.1) is 0 Å².